The van der Waals surface area contributed by atoms with Crippen molar-refractivity contribution >= 4 is 23.5 Å². The third-order valence-electron chi connectivity index (χ3n) is 14.1. The zero-order valence-corrected chi connectivity index (χ0v) is 33.6. The van der Waals surface area contributed by atoms with Crippen molar-refractivity contribution in [2.24, 2.45) is 23.7 Å². The molecule has 1 aromatic carbocycles. The fraction of sp³-hybridized carbons (Fsp3) is 0.721. The molecule has 13 heteroatoms. The third-order valence-corrected chi connectivity index (χ3v) is 14.1. The van der Waals surface area contributed by atoms with Crippen LogP contribution in [0.5, 0.6) is 5.75 Å². The van der Waals surface area contributed by atoms with Gasteiger partial charge in [-0.05, 0) is 139 Å². The molecule has 56 heavy (non-hydrogen) atoms. The summed E-state index contributed by atoms with van der Waals surface area (Å²) in [5.41, 5.74) is -1.65. The standard InChI is InChI=1S/C43H57F4N5O4/c1-7-41(8-2)22-52(34-14-13-31(20-33(34)41)55-30-11-9-29(10-12-30)51-23-42(46,47)24-51)38-48-21-32(35(49-38)40(6,44)45)36(53)50-43(37(54)56-39(3,4)5)27-16-25-15-26(18-27)19-28(43)17-25/h13-14,20-21,25-30H,7-12,15-19,22-24H2,1-6H3,(H,50,53). The maximum Gasteiger partial charge on any atom is 0.332 e. The van der Waals surface area contributed by atoms with Crippen LogP contribution < -0.4 is 15.0 Å². The molecule has 3 heterocycles. The van der Waals surface area contributed by atoms with Crippen molar-refractivity contribution in [1.82, 2.24) is 20.2 Å². The zero-order valence-electron chi connectivity index (χ0n) is 33.6. The van der Waals surface area contributed by atoms with E-state index in [-0.39, 0.29) is 54.0 Å². The van der Waals surface area contributed by atoms with E-state index in [4.69, 9.17) is 9.47 Å². The van der Waals surface area contributed by atoms with E-state index in [1.54, 1.807) is 20.8 Å². The Labute approximate surface area is 327 Å². The Balaban J connectivity index is 1.05. The molecule has 5 saturated carbocycles. The van der Waals surface area contributed by atoms with Crippen LogP contribution in [0.15, 0.2) is 24.4 Å². The number of halogens is 4. The highest BCUT2D eigenvalue weighted by atomic mass is 19.3. The number of likely N-dealkylation sites (tertiary alicyclic amines) is 1. The maximum absolute atomic E-state index is 15.6. The van der Waals surface area contributed by atoms with Crippen LogP contribution in [0.25, 0.3) is 0 Å². The second kappa shape index (κ2) is 13.8. The Morgan fingerprint density at radius 3 is 2.09 bits per heavy atom. The van der Waals surface area contributed by atoms with E-state index in [0.717, 1.165) is 88.8 Å². The topological polar surface area (TPSA) is 96.9 Å². The predicted molar refractivity (Wildman–Crippen MR) is 204 cm³/mol. The first-order chi connectivity index (χ1) is 26.3. The number of benzene rings is 1. The Bertz CT molecular complexity index is 1810. The largest absolute Gasteiger partial charge is 0.490 e. The van der Waals surface area contributed by atoms with Gasteiger partial charge in [0.2, 0.25) is 5.95 Å². The van der Waals surface area contributed by atoms with Crippen LogP contribution in [-0.4, -0.2) is 75.6 Å². The molecular formula is C43H57F4N5O4. The van der Waals surface area contributed by atoms with Gasteiger partial charge in [-0.1, -0.05) is 13.8 Å². The fourth-order valence-corrected chi connectivity index (χ4v) is 11.4. The highest BCUT2D eigenvalue weighted by molar-refractivity contribution is 5.99. The van der Waals surface area contributed by atoms with Gasteiger partial charge >= 0.3 is 5.97 Å². The number of hydrogen-bond acceptors (Lipinski definition) is 8. The summed E-state index contributed by atoms with van der Waals surface area (Å²) in [6.45, 7) is 10.5. The van der Waals surface area contributed by atoms with Gasteiger partial charge in [0, 0.05) is 36.8 Å². The number of amides is 1. The van der Waals surface area contributed by atoms with Crippen molar-refractivity contribution in [3.8, 4) is 5.75 Å². The number of anilines is 2. The van der Waals surface area contributed by atoms with Crippen molar-refractivity contribution in [2.45, 2.75) is 153 Å². The van der Waals surface area contributed by atoms with Crippen LogP contribution in [0.4, 0.5) is 29.2 Å². The smallest absolute Gasteiger partial charge is 0.332 e. The van der Waals surface area contributed by atoms with Gasteiger partial charge in [0.15, 0.2) is 0 Å². The molecule has 2 aromatic rings. The summed E-state index contributed by atoms with van der Waals surface area (Å²) in [4.78, 5) is 41.2. The van der Waals surface area contributed by atoms with Crippen LogP contribution >= 0.6 is 0 Å². The number of ether oxygens (including phenoxy) is 2. The lowest BCUT2D eigenvalue weighted by molar-refractivity contribution is -0.180. The number of fused-ring (bicyclic) bond motifs is 1. The van der Waals surface area contributed by atoms with Gasteiger partial charge in [-0.3, -0.25) is 9.69 Å². The number of carbonyl (C=O) groups excluding carboxylic acids is 2. The summed E-state index contributed by atoms with van der Waals surface area (Å²) >= 11 is 0. The Kier molecular flexibility index (Phi) is 9.72. The normalized spacial score (nSPS) is 31.8. The maximum atomic E-state index is 15.6. The summed E-state index contributed by atoms with van der Waals surface area (Å²) in [6, 6.07) is 6.02. The van der Waals surface area contributed by atoms with Gasteiger partial charge in [0.05, 0.1) is 24.8 Å². The van der Waals surface area contributed by atoms with Crippen LogP contribution in [-0.2, 0) is 20.9 Å². The number of esters is 1. The molecule has 2 aliphatic heterocycles. The lowest BCUT2D eigenvalue weighted by atomic mass is 9.48. The first-order valence-electron chi connectivity index (χ1n) is 20.8. The van der Waals surface area contributed by atoms with Gasteiger partial charge in [-0.15, -0.1) is 0 Å². The number of carbonyl (C=O) groups is 2. The molecule has 5 aliphatic carbocycles. The summed E-state index contributed by atoms with van der Waals surface area (Å²) in [6.07, 6.45) is 10.2. The van der Waals surface area contributed by atoms with Crippen molar-refractivity contribution in [3.05, 3.63) is 41.2 Å². The molecule has 0 unspecified atom stereocenters. The number of alkyl halides is 4. The minimum atomic E-state index is -3.49. The quantitative estimate of drug-likeness (QED) is 0.189. The summed E-state index contributed by atoms with van der Waals surface area (Å²) < 4.78 is 70.6. The van der Waals surface area contributed by atoms with E-state index < -0.39 is 40.6 Å². The molecule has 0 spiro atoms. The van der Waals surface area contributed by atoms with E-state index >= 15 is 8.78 Å². The predicted octanol–water partition coefficient (Wildman–Crippen LogP) is 8.71. The van der Waals surface area contributed by atoms with Crippen molar-refractivity contribution < 1.29 is 36.6 Å². The minimum absolute atomic E-state index is 0.0223. The second-order valence-corrected chi connectivity index (χ2v) is 19.0. The second-order valence-electron chi connectivity index (χ2n) is 19.0. The SMILES string of the molecule is CCC1(CC)CN(c2ncc(C(=O)NC3(C(=O)OC(C)(C)C)C4CC5CC(C4)CC3C5)c(C(C)(F)F)n2)c2ccc(OC3CCC(N4CC(F)(F)C4)CC3)cc21. The molecule has 0 atom stereocenters. The molecule has 1 amide bonds. The number of aromatic nitrogens is 2. The summed E-state index contributed by atoms with van der Waals surface area (Å²) in [5, 5.41) is 3.03. The zero-order chi connectivity index (χ0) is 40.0. The van der Waals surface area contributed by atoms with Crippen LogP contribution in [0.1, 0.15) is 134 Å². The average molecular weight is 784 g/mol. The Hall–Kier alpha value is -3.48. The number of hydrogen-bond donors (Lipinski definition) is 1. The Morgan fingerprint density at radius 1 is 0.911 bits per heavy atom. The summed E-state index contributed by atoms with van der Waals surface area (Å²) in [7, 11) is 0. The van der Waals surface area contributed by atoms with Gasteiger partial charge in [0.25, 0.3) is 17.8 Å². The molecule has 1 aromatic heterocycles. The van der Waals surface area contributed by atoms with Gasteiger partial charge < -0.3 is 19.7 Å². The van der Waals surface area contributed by atoms with Gasteiger partial charge in [-0.2, -0.15) is 8.78 Å². The van der Waals surface area contributed by atoms with E-state index in [0.29, 0.717) is 24.1 Å². The lowest BCUT2D eigenvalue weighted by Crippen LogP contribution is -2.71. The number of nitrogens with one attached hydrogen (secondary N) is 1. The first-order valence-corrected chi connectivity index (χ1v) is 20.8. The number of rotatable bonds is 10. The molecule has 1 N–H and O–H groups in total. The first kappa shape index (κ1) is 39.4. The van der Waals surface area contributed by atoms with E-state index in [9.17, 15) is 18.4 Å². The van der Waals surface area contributed by atoms with Crippen LogP contribution in [0.3, 0.4) is 0 Å². The molecule has 7 aliphatic rings. The molecule has 306 valence electrons. The molecule has 0 radical (unpaired) electrons. The average Bonchev–Trinajstić information content (AvgIpc) is 3.45. The number of nitrogens with zero attached hydrogens (tertiary/aromatic N) is 4. The van der Waals surface area contributed by atoms with Crippen molar-refractivity contribution in [3.63, 3.8) is 0 Å². The fourth-order valence-electron chi connectivity index (χ4n) is 11.4. The van der Waals surface area contributed by atoms with E-state index in [1.165, 1.54) is 6.20 Å². The lowest BCUT2D eigenvalue weighted by Gasteiger charge is -2.59. The monoisotopic (exact) mass is 783 g/mol. The molecule has 1 saturated heterocycles. The highest BCUT2D eigenvalue weighted by Gasteiger charge is 2.63. The molecule has 9 nitrogen and oxygen atoms in total. The Morgan fingerprint density at radius 2 is 1.54 bits per heavy atom. The van der Waals surface area contributed by atoms with E-state index in [1.807, 2.05) is 28.0 Å². The minimum Gasteiger partial charge on any atom is -0.490 e. The molecule has 4 bridgehead atoms. The van der Waals surface area contributed by atoms with Crippen LogP contribution in [0.2, 0.25) is 0 Å². The van der Waals surface area contributed by atoms with Crippen molar-refractivity contribution in [2.75, 3.05) is 24.5 Å². The van der Waals surface area contributed by atoms with E-state index in [2.05, 4.69) is 29.1 Å². The third kappa shape index (κ3) is 6.95. The molecular weight excluding hydrogens is 726 g/mol. The summed E-state index contributed by atoms with van der Waals surface area (Å²) in [5.74, 6) is -5.84. The molecule has 9 rings (SSSR count). The highest BCUT2D eigenvalue weighted by Crippen LogP contribution is 2.59. The van der Waals surface area contributed by atoms with Gasteiger partial charge in [0.1, 0.15) is 22.6 Å². The van der Waals surface area contributed by atoms with Crippen molar-refractivity contribution in [1.29, 1.82) is 0 Å². The molecule has 6 fully saturated rings. The van der Waals surface area contributed by atoms with Gasteiger partial charge in [-0.25, -0.2) is 23.5 Å². The van der Waals surface area contributed by atoms with Crippen LogP contribution in [0, 0.1) is 23.7 Å².